The van der Waals surface area contributed by atoms with E-state index in [1.54, 1.807) is 0 Å². The Morgan fingerprint density at radius 2 is 1.16 bits per heavy atom. The highest BCUT2D eigenvalue weighted by atomic mass is 14.6. The fraction of sp³-hybridized carbons (Fsp3) is 0.333. The third-order valence-corrected chi connectivity index (χ3v) is 7.05. The fourth-order valence-electron chi connectivity index (χ4n) is 5.52. The summed E-state index contributed by atoms with van der Waals surface area (Å²) in [6.45, 7) is 2.28. The number of hydrogen-bond donors (Lipinski definition) is 1. The number of anilines is 1. The quantitative estimate of drug-likeness (QED) is 0.112. The number of fused-ring (bicyclic) bond motifs is 2. The van der Waals surface area contributed by atoms with Crippen molar-refractivity contribution in [3.05, 3.63) is 66.2 Å². The minimum absolute atomic E-state index is 0.957. The predicted molar refractivity (Wildman–Crippen MR) is 138 cm³/mol. The number of rotatable bonds is 9. The summed E-state index contributed by atoms with van der Waals surface area (Å²) in [5, 5.41) is 10.8. The van der Waals surface area contributed by atoms with Gasteiger partial charge in [0.15, 0.2) is 0 Å². The monoisotopic (exact) mass is 407 g/mol. The van der Waals surface area contributed by atoms with Crippen LogP contribution in [0.15, 0.2) is 60.7 Å². The lowest BCUT2D eigenvalue weighted by atomic mass is 9.86. The van der Waals surface area contributed by atoms with Crippen LogP contribution < -0.4 is 5.73 Å². The molecule has 5 rings (SSSR count). The van der Waals surface area contributed by atoms with Crippen molar-refractivity contribution in [2.75, 3.05) is 5.73 Å². The molecule has 0 aliphatic heterocycles. The van der Waals surface area contributed by atoms with Gasteiger partial charge in [0.05, 0.1) is 0 Å². The first kappa shape index (κ1) is 20.1. The number of benzene rings is 5. The summed E-state index contributed by atoms with van der Waals surface area (Å²) in [4.78, 5) is 0. The average molecular weight is 408 g/mol. The molecule has 0 aromatic heterocycles. The molecule has 0 amide bonds. The van der Waals surface area contributed by atoms with Gasteiger partial charge in [0, 0.05) is 5.69 Å². The molecule has 0 fully saturated rings. The van der Waals surface area contributed by atoms with Crippen LogP contribution >= 0.6 is 0 Å². The Labute approximate surface area is 185 Å². The molecule has 5 aromatic carbocycles. The van der Waals surface area contributed by atoms with Crippen LogP contribution in [0.5, 0.6) is 0 Å². The first-order chi connectivity index (χ1) is 15.3. The molecular weight excluding hydrogens is 374 g/mol. The summed E-state index contributed by atoms with van der Waals surface area (Å²) in [6, 6.07) is 22.3. The summed E-state index contributed by atoms with van der Waals surface area (Å²) in [5.74, 6) is 0. The van der Waals surface area contributed by atoms with E-state index in [1.165, 1.54) is 100 Å². The molecule has 31 heavy (non-hydrogen) atoms. The van der Waals surface area contributed by atoms with Crippen LogP contribution in [0.4, 0.5) is 5.69 Å². The zero-order chi connectivity index (χ0) is 21.2. The maximum absolute atomic E-state index is 6.68. The van der Waals surface area contributed by atoms with Crippen molar-refractivity contribution < 1.29 is 0 Å². The van der Waals surface area contributed by atoms with Crippen LogP contribution in [-0.2, 0) is 6.42 Å². The molecule has 5 aromatic rings. The molecule has 0 aliphatic rings. The SMILES string of the molecule is CCCCCCCCCCc1c(N)cc2cccc3c4cccc5cccc(c1c23)c54. The topological polar surface area (TPSA) is 26.0 Å². The van der Waals surface area contributed by atoms with Crippen LogP contribution in [0.2, 0.25) is 0 Å². The molecule has 2 N–H and O–H groups in total. The third kappa shape index (κ3) is 3.61. The van der Waals surface area contributed by atoms with Crippen LogP contribution in [0.25, 0.3) is 43.1 Å². The Kier molecular flexibility index (Phi) is 5.68. The third-order valence-electron chi connectivity index (χ3n) is 7.05. The molecule has 0 saturated carbocycles. The maximum atomic E-state index is 6.68. The fourth-order valence-corrected chi connectivity index (χ4v) is 5.52. The van der Waals surface area contributed by atoms with E-state index in [1.807, 2.05) is 0 Å². The molecule has 0 spiro atoms. The number of aryl methyl sites for hydroxylation is 1. The molecule has 0 radical (unpaired) electrons. The number of unbranched alkanes of at least 4 members (excludes halogenated alkanes) is 7. The smallest absolute Gasteiger partial charge is 0.0359 e. The molecule has 1 nitrogen and oxygen atoms in total. The Balaban J connectivity index is 1.56. The van der Waals surface area contributed by atoms with E-state index in [0.29, 0.717) is 0 Å². The lowest BCUT2D eigenvalue weighted by molar-refractivity contribution is 0.576. The summed E-state index contributed by atoms with van der Waals surface area (Å²) < 4.78 is 0. The van der Waals surface area contributed by atoms with E-state index >= 15 is 0 Å². The largest absolute Gasteiger partial charge is 0.398 e. The summed E-state index contributed by atoms with van der Waals surface area (Å²) in [5.41, 5.74) is 8.99. The molecule has 0 unspecified atom stereocenters. The van der Waals surface area contributed by atoms with Crippen LogP contribution in [0, 0.1) is 0 Å². The van der Waals surface area contributed by atoms with Gasteiger partial charge in [0.2, 0.25) is 0 Å². The molecule has 0 aliphatic carbocycles. The highest BCUT2D eigenvalue weighted by Crippen LogP contribution is 2.43. The van der Waals surface area contributed by atoms with Gasteiger partial charge in [-0.15, -0.1) is 0 Å². The zero-order valence-electron chi connectivity index (χ0n) is 18.7. The second-order valence-corrected chi connectivity index (χ2v) is 9.16. The van der Waals surface area contributed by atoms with Crippen molar-refractivity contribution in [2.24, 2.45) is 0 Å². The van der Waals surface area contributed by atoms with Crippen LogP contribution in [0.1, 0.15) is 63.9 Å². The second-order valence-electron chi connectivity index (χ2n) is 9.16. The van der Waals surface area contributed by atoms with Gasteiger partial charge in [0.1, 0.15) is 0 Å². The highest BCUT2D eigenvalue weighted by Gasteiger charge is 2.17. The zero-order valence-corrected chi connectivity index (χ0v) is 18.7. The molecule has 0 bridgehead atoms. The summed E-state index contributed by atoms with van der Waals surface area (Å²) in [7, 11) is 0. The highest BCUT2D eigenvalue weighted by molar-refractivity contribution is 6.34. The van der Waals surface area contributed by atoms with Crippen molar-refractivity contribution in [1.82, 2.24) is 0 Å². The first-order valence-electron chi connectivity index (χ1n) is 12.2. The van der Waals surface area contributed by atoms with Crippen LogP contribution in [0.3, 0.4) is 0 Å². The lowest BCUT2D eigenvalue weighted by Crippen LogP contribution is -1.99. The van der Waals surface area contributed by atoms with E-state index in [0.717, 1.165) is 12.1 Å². The molecule has 0 heterocycles. The Morgan fingerprint density at radius 3 is 1.87 bits per heavy atom. The van der Waals surface area contributed by atoms with Crippen LogP contribution in [-0.4, -0.2) is 0 Å². The van der Waals surface area contributed by atoms with Gasteiger partial charge >= 0.3 is 0 Å². The van der Waals surface area contributed by atoms with Gasteiger partial charge in [-0.1, -0.05) is 106 Å². The first-order valence-corrected chi connectivity index (χ1v) is 12.2. The summed E-state index contributed by atoms with van der Waals surface area (Å²) >= 11 is 0. The van der Waals surface area contributed by atoms with Crippen molar-refractivity contribution in [1.29, 1.82) is 0 Å². The van der Waals surface area contributed by atoms with Gasteiger partial charge in [-0.3, -0.25) is 0 Å². The molecule has 158 valence electrons. The van der Waals surface area contributed by atoms with E-state index in [4.69, 9.17) is 5.73 Å². The van der Waals surface area contributed by atoms with E-state index < -0.39 is 0 Å². The minimum atomic E-state index is 0.957. The second kappa shape index (κ2) is 8.75. The Hall–Kier alpha value is -2.80. The van der Waals surface area contributed by atoms with Crippen molar-refractivity contribution >= 4 is 48.8 Å². The minimum Gasteiger partial charge on any atom is -0.398 e. The number of nitrogen functional groups attached to an aromatic ring is 1. The van der Waals surface area contributed by atoms with Gasteiger partial charge in [-0.05, 0) is 67.6 Å². The van der Waals surface area contributed by atoms with E-state index in [9.17, 15) is 0 Å². The predicted octanol–water partition coefficient (Wildman–Crippen LogP) is 9.00. The van der Waals surface area contributed by atoms with Gasteiger partial charge in [-0.25, -0.2) is 0 Å². The van der Waals surface area contributed by atoms with Crippen molar-refractivity contribution in [2.45, 2.75) is 64.7 Å². The van der Waals surface area contributed by atoms with E-state index in [-0.39, 0.29) is 0 Å². The molecule has 1 heteroatoms. The molecule has 0 atom stereocenters. The standard InChI is InChI=1S/C30H33N/c1-2-3-4-5-6-7-8-9-16-25-27(31)20-22-15-12-18-24-23-17-10-13-21-14-11-19-26(28(21)23)30(25)29(22)24/h10-15,17-20H,2-9,16,31H2,1H3. The summed E-state index contributed by atoms with van der Waals surface area (Å²) in [6.07, 6.45) is 11.8. The van der Waals surface area contributed by atoms with E-state index in [2.05, 4.69) is 67.6 Å². The van der Waals surface area contributed by atoms with Gasteiger partial charge < -0.3 is 5.73 Å². The Morgan fingerprint density at radius 1 is 0.581 bits per heavy atom. The van der Waals surface area contributed by atoms with Crippen molar-refractivity contribution in [3.63, 3.8) is 0 Å². The lowest BCUT2D eigenvalue weighted by Gasteiger charge is -2.19. The maximum Gasteiger partial charge on any atom is 0.0359 e. The van der Waals surface area contributed by atoms with Crippen molar-refractivity contribution in [3.8, 4) is 0 Å². The van der Waals surface area contributed by atoms with Gasteiger partial charge in [-0.2, -0.15) is 0 Å². The number of hydrogen-bond acceptors (Lipinski definition) is 1. The molecule has 0 saturated heterocycles. The van der Waals surface area contributed by atoms with Gasteiger partial charge in [0.25, 0.3) is 0 Å². The average Bonchev–Trinajstić information content (AvgIpc) is 2.79. The number of nitrogens with two attached hydrogens (primary N) is 1. The normalized spacial score (nSPS) is 12.0. The Bertz CT molecular complexity index is 1330. The molecular formula is C30H33N.